The van der Waals surface area contributed by atoms with Crippen LogP contribution in [0, 0.1) is 0 Å². The maximum atomic E-state index is 12.7. The minimum atomic E-state index is -3.63. The molecule has 2 unspecified atom stereocenters. The number of likely N-dealkylation sites (N-methyl/N-ethyl adjacent to an activating group) is 1. The van der Waals surface area contributed by atoms with Crippen LogP contribution < -0.4 is 5.32 Å². The number of benzene rings is 1. The number of carbonyl (C=O) groups excluding carboxylic acids is 1. The summed E-state index contributed by atoms with van der Waals surface area (Å²) in [5.41, 5.74) is 0. The van der Waals surface area contributed by atoms with Gasteiger partial charge in [-0.25, -0.2) is 8.42 Å². The first-order valence-corrected chi connectivity index (χ1v) is 9.47. The zero-order chi connectivity index (χ0) is 16.4. The van der Waals surface area contributed by atoms with Gasteiger partial charge in [-0.15, -0.1) is 12.4 Å². The highest BCUT2D eigenvalue weighted by molar-refractivity contribution is 7.89. The standard InChI is InChI=1S/C16H23N3O3S.ClH/c1-18(23(21,22)15-5-3-2-4-6-15)12-16(20)19-13-7-8-14(19)11-17-10-9-13;/h2-6,13-14,17H,7-12H2,1H3;1H. The van der Waals surface area contributed by atoms with Crippen LogP contribution in [0.3, 0.4) is 0 Å². The van der Waals surface area contributed by atoms with Crippen LogP contribution in [0.5, 0.6) is 0 Å². The molecule has 0 radical (unpaired) electrons. The van der Waals surface area contributed by atoms with Crippen molar-refractivity contribution in [3.63, 3.8) is 0 Å². The molecule has 1 aromatic carbocycles. The zero-order valence-corrected chi connectivity index (χ0v) is 15.4. The van der Waals surface area contributed by atoms with Crippen molar-refractivity contribution in [1.29, 1.82) is 0 Å². The predicted octanol–water partition coefficient (Wildman–Crippen LogP) is 1.08. The van der Waals surface area contributed by atoms with E-state index in [4.69, 9.17) is 0 Å². The average Bonchev–Trinajstić information content (AvgIpc) is 2.81. The van der Waals surface area contributed by atoms with E-state index in [0.717, 1.165) is 36.7 Å². The number of nitrogens with zero attached hydrogens (tertiary/aromatic N) is 2. The Balaban J connectivity index is 0.00000208. The summed E-state index contributed by atoms with van der Waals surface area (Å²) in [5, 5.41) is 3.35. The summed E-state index contributed by atoms with van der Waals surface area (Å²) in [6.07, 6.45) is 2.96. The van der Waals surface area contributed by atoms with E-state index >= 15 is 0 Å². The smallest absolute Gasteiger partial charge is 0.243 e. The molecule has 1 amide bonds. The molecule has 0 saturated carbocycles. The molecule has 2 aliphatic heterocycles. The van der Waals surface area contributed by atoms with Gasteiger partial charge in [0.1, 0.15) is 0 Å². The number of amides is 1. The van der Waals surface area contributed by atoms with E-state index in [1.54, 1.807) is 30.3 Å². The summed E-state index contributed by atoms with van der Waals surface area (Å²) in [6.45, 7) is 1.62. The van der Waals surface area contributed by atoms with Gasteiger partial charge in [0.25, 0.3) is 0 Å². The molecule has 6 nitrogen and oxygen atoms in total. The summed E-state index contributed by atoms with van der Waals surface area (Å²) < 4.78 is 26.2. The first kappa shape index (κ1) is 19.2. The largest absolute Gasteiger partial charge is 0.334 e. The fraction of sp³-hybridized carbons (Fsp3) is 0.562. The second-order valence-corrected chi connectivity index (χ2v) is 8.30. The molecule has 2 aliphatic rings. The second kappa shape index (κ2) is 7.82. The molecular formula is C16H24ClN3O3S. The molecule has 134 valence electrons. The van der Waals surface area contributed by atoms with E-state index in [1.165, 1.54) is 7.05 Å². The molecular weight excluding hydrogens is 350 g/mol. The molecule has 8 heteroatoms. The Morgan fingerprint density at radius 3 is 2.58 bits per heavy atom. The van der Waals surface area contributed by atoms with Gasteiger partial charge in [0.15, 0.2) is 0 Å². The lowest BCUT2D eigenvalue weighted by molar-refractivity contribution is -0.133. The number of hydrogen-bond donors (Lipinski definition) is 1. The summed E-state index contributed by atoms with van der Waals surface area (Å²) in [7, 11) is -2.16. The highest BCUT2D eigenvalue weighted by Crippen LogP contribution is 2.28. The van der Waals surface area contributed by atoms with Crippen molar-refractivity contribution in [3.8, 4) is 0 Å². The lowest BCUT2D eigenvalue weighted by Gasteiger charge is -2.29. The van der Waals surface area contributed by atoms with Gasteiger partial charge in [0.05, 0.1) is 11.4 Å². The molecule has 2 atom stereocenters. The van der Waals surface area contributed by atoms with Crippen molar-refractivity contribution in [1.82, 2.24) is 14.5 Å². The molecule has 1 aromatic rings. The fourth-order valence-corrected chi connectivity index (χ4v) is 4.66. The van der Waals surface area contributed by atoms with Crippen molar-refractivity contribution < 1.29 is 13.2 Å². The molecule has 2 heterocycles. The molecule has 0 spiro atoms. The summed E-state index contributed by atoms with van der Waals surface area (Å²) in [6, 6.07) is 8.68. The molecule has 2 saturated heterocycles. The maximum Gasteiger partial charge on any atom is 0.243 e. The van der Waals surface area contributed by atoms with Crippen LogP contribution in [0.15, 0.2) is 35.2 Å². The molecule has 2 fully saturated rings. The van der Waals surface area contributed by atoms with Crippen LogP contribution in [0.2, 0.25) is 0 Å². The van der Waals surface area contributed by atoms with Crippen molar-refractivity contribution in [2.45, 2.75) is 36.2 Å². The lowest BCUT2D eigenvalue weighted by atomic mass is 10.1. The molecule has 1 N–H and O–H groups in total. The fourth-order valence-electron chi connectivity index (χ4n) is 3.52. The second-order valence-electron chi connectivity index (χ2n) is 6.25. The van der Waals surface area contributed by atoms with Crippen molar-refractivity contribution in [2.24, 2.45) is 0 Å². The lowest BCUT2D eigenvalue weighted by Crippen LogP contribution is -2.47. The third-order valence-corrected chi connectivity index (χ3v) is 6.57. The Morgan fingerprint density at radius 1 is 1.21 bits per heavy atom. The van der Waals surface area contributed by atoms with Crippen LogP contribution >= 0.6 is 12.4 Å². The Labute approximate surface area is 149 Å². The summed E-state index contributed by atoms with van der Waals surface area (Å²) in [4.78, 5) is 14.8. The first-order chi connectivity index (χ1) is 11.0. The van der Waals surface area contributed by atoms with Crippen molar-refractivity contribution >= 4 is 28.3 Å². The first-order valence-electron chi connectivity index (χ1n) is 8.03. The number of rotatable bonds is 4. The number of hydrogen-bond acceptors (Lipinski definition) is 4. The number of halogens is 1. The molecule has 0 aliphatic carbocycles. The van der Waals surface area contributed by atoms with Gasteiger partial charge in [-0.3, -0.25) is 4.79 Å². The van der Waals surface area contributed by atoms with Gasteiger partial charge in [-0.05, 0) is 37.9 Å². The Kier molecular flexibility index (Phi) is 6.25. The highest BCUT2D eigenvalue weighted by atomic mass is 35.5. The Hall–Kier alpha value is -1.15. The monoisotopic (exact) mass is 373 g/mol. The van der Waals surface area contributed by atoms with E-state index in [1.807, 2.05) is 4.90 Å². The molecule has 24 heavy (non-hydrogen) atoms. The zero-order valence-electron chi connectivity index (χ0n) is 13.7. The topological polar surface area (TPSA) is 69.7 Å². The Morgan fingerprint density at radius 2 is 1.88 bits per heavy atom. The van der Waals surface area contributed by atoms with Crippen LogP contribution in [0.25, 0.3) is 0 Å². The number of carbonyl (C=O) groups is 1. The minimum Gasteiger partial charge on any atom is -0.334 e. The van der Waals surface area contributed by atoms with Crippen LogP contribution in [0.1, 0.15) is 19.3 Å². The van der Waals surface area contributed by atoms with Gasteiger partial charge in [-0.1, -0.05) is 18.2 Å². The number of fused-ring (bicyclic) bond motifs is 2. The minimum absolute atomic E-state index is 0. The van der Waals surface area contributed by atoms with E-state index in [2.05, 4.69) is 5.32 Å². The van der Waals surface area contributed by atoms with Gasteiger partial charge in [0, 0.05) is 25.7 Å². The third kappa shape index (κ3) is 3.74. The van der Waals surface area contributed by atoms with E-state index in [0.29, 0.717) is 0 Å². The Bertz CT molecular complexity index is 654. The van der Waals surface area contributed by atoms with Crippen molar-refractivity contribution in [3.05, 3.63) is 30.3 Å². The van der Waals surface area contributed by atoms with Gasteiger partial charge >= 0.3 is 0 Å². The third-order valence-electron chi connectivity index (χ3n) is 4.75. The highest BCUT2D eigenvalue weighted by Gasteiger charge is 2.38. The normalized spacial score (nSPS) is 23.7. The maximum absolute atomic E-state index is 12.7. The molecule has 0 aromatic heterocycles. The summed E-state index contributed by atoms with van der Waals surface area (Å²) in [5.74, 6) is -0.0943. The van der Waals surface area contributed by atoms with Crippen LogP contribution in [0.4, 0.5) is 0 Å². The van der Waals surface area contributed by atoms with Gasteiger partial charge in [-0.2, -0.15) is 4.31 Å². The van der Waals surface area contributed by atoms with Crippen LogP contribution in [-0.4, -0.2) is 62.3 Å². The quantitative estimate of drug-likeness (QED) is 0.857. The van der Waals surface area contributed by atoms with Crippen molar-refractivity contribution in [2.75, 3.05) is 26.7 Å². The molecule has 2 bridgehead atoms. The SMILES string of the molecule is CN(CC(=O)N1C2CCNCC1CC2)S(=O)(=O)c1ccccc1.Cl. The number of sulfonamides is 1. The van der Waals surface area contributed by atoms with E-state index < -0.39 is 10.0 Å². The van der Waals surface area contributed by atoms with Gasteiger partial charge < -0.3 is 10.2 Å². The average molecular weight is 374 g/mol. The van der Waals surface area contributed by atoms with E-state index in [9.17, 15) is 13.2 Å². The van der Waals surface area contributed by atoms with E-state index in [-0.39, 0.29) is 41.8 Å². The predicted molar refractivity (Wildman–Crippen MR) is 94.6 cm³/mol. The molecule has 3 rings (SSSR count). The van der Waals surface area contributed by atoms with Gasteiger partial charge in [0.2, 0.25) is 15.9 Å². The number of nitrogens with one attached hydrogen (secondary N) is 1. The summed E-state index contributed by atoms with van der Waals surface area (Å²) >= 11 is 0. The van der Waals surface area contributed by atoms with Crippen LogP contribution in [-0.2, 0) is 14.8 Å².